The monoisotopic (exact) mass is 219 g/mol. The summed E-state index contributed by atoms with van der Waals surface area (Å²) in [4.78, 5) is 11.3. The predicted molar refractivity (Wildman–Crippen MR) is 63.8 cm³/mol. The molecule has 0 saturated heterocycles. The highest BCUT2D eigenvalue weighted by Gasteiger charge is 2.49. The van der Waals surface area contributed by atoms with Gasteiger partial charge in [-0.2, -0.15) is 0 Å². The molecule has 4 saturated carbocycles. The van der Waals surface area contributed by atoms with Crippen molar-refractivity contribution >= 4 is 5.78 Å². The molecule has 88 valence electrons. The summed E-state index contributed by atoms with van der Waals surface area (Å²) in [6, 6.07) is 0. The van der Waals surface area contributed by atoms with Gasteiger partial charge in [-0.25, -0.2) is 0 Å². The van der Waals surface area contributed by atoms with Crippen molar-refractivity contribution in [3.05, 3.63) is 12.2 Å². The third kappa shape index (κ3) is 1.73. The molecule has 0 unspecified atom stereocenters. The van der Waals surface area contributed by atoms with Gasteiger partial charge in [0, 0.05) is 0 Å². The van der Waals surface area contributed by atoms with Crippen LogP contribution in [0.5, 0.6) is 0 Å². The van der Waals surface area contributed by atoms with Gasteiger partial charge >= 0.3 is 0 Å². The zero-order valence-corrected chi connectivity index (χ0v) is 9.82. The summed E-state index contributed by atoms with van der Waals surface area (Å²) in [5, 5.41) is 0. The first-order chi connectivity index (χ1) is 7.69. The Bertz CT molecular complexity index is 296. The van der Waals surface area contributed by atoms with Gasteiger partial charge in [0.15, 0.2) is 5.78 Å². The molecule has 4 rings (SSSR count). The summed E-state index contributed by atoms with van der Waals surface area (Å²) in [6.45, 7) is 0.156. The predicted octanol–water partition coefficient (Wildman–Crippen LogP) is 2.29. The maximum atomic E-state index is 11.3. The summed E-state index contributed by atoms with van der Waals surface area (Å²) < 4.78 is 0. The highest BCUT2D eigenvalue weighted by Crippen LogP contribution is 2.60. The number of allylic oxidation sites excluding steroid dienone is 1. The Hall–Kier alpha value is -0.630. The first kappa shape index (κ1) is 10.5. The van der Waals surface area contributed by atoms with Gasteiger partial charge in [0.1, 0.15) is 0 Å². The Morgan fingerprint density at radius 1 is 1.12 bits per heavy atom. The first-order valence-corrected chi connectivity index (χ1v) is 6.61. The number of nitrogens with two attached hydrogens (primary N) is 1. The largest absolute Gasteiger partial charge is 0.324 e. The van der Waals surface area contributed by atoms with Gasteiger partial charge in [-0.3, -0.25) is 4.79 Å². The Morgan fingerprint density at radius 3 is 2.06 bits per heavy atom. The smallest absolute Gasteiger partial charge is 0.168 e. The first-order valence-electron chi connectivity index (χ1n) is 6.61. The zero-order valence-electron chi connectivity index (χ0n) is 9.82. The van der Waals surface area contributed by atoms with Crippen LogP contribution in [0.3, 0.4) is 0 Å². The minimum atomic E-state index is 0.0794. The van der Waals surface area contributed by atoms with Crippen molar-refractivity contribution in [1.82, 2.24) is 0 Å². The molecule has 0 radical (unpaired) electrons. The van der Waals surface area contributed by atoms with Gasteiger partial charge in [0.2, 0.25) is 0 Å². The van der Waals surface area contributed by atoms with Gasteiger partial charge in [0.25, 0.3) is 0 Å². The standard InChI is InChI=1S/C14H21NO/c15-9-13(16)1-2-14-6-10-3-11(7-14)5-12(4-10)8-14/h1-2,10-12H,3-9,15H2/b2-1+. The van der Waals surface area contributed by atoms with E-state index in [0.29, 0.717) is 5.41 Å². The van der Waals surface area contributed by atoms with Crippen LogP contribution in [0, 0.1) is 23.2 Å². The molecule has 0 aromatic carbocycles. The maximum absolute atomic E-state index is 11.3. The normalized spacial score (nSPS) is 45.4. The molecule has 2 heteroatoms. The van der Waals surface area contributed by atoms with Gasteiger partial charge in [0.05, 0.1) is 6.54 Å². The van der Waals surface area contributed by atoms with Crippen molar-refractivity contribution in [3.8, 4) is 0 Å². The fraction of sp³-hybridized carbons (Fsp3) is 0.786. The van der Waals surface area contributed by atoms with Crippen molar-refractivity contribution in [2.45, 2.75) is 38.5 Å². The lowest BCUT2D eigenvalue weighted by Gasteiger charge is -2.55. The van der Waals surface area contributed by atoms with Gasteiger partial charge in [-0.05, 0) is 67.8 Å². The van der Waals surface area contributed by atoms with Crippen LogP contribution in [0.2, 0.25) is 0 Å². The molecule has 4 aliphatic rings. The summed E-state index contributed by atoms with van der Waals surface area (Å²) >= 11 is 0. The van der Waals surface area contributed by atoms with E-state index in [2.05, 4.69) is 6.08 Å². The summed E-state index contributed by atoms with van der Waals surface area (Å²) in [7, 11) is 0. The van der Waals surface area contributed by atoms with Crippen LogP contribution in [0.1, 0.15) is 38.5 Å². The van der Waals surface area contributed by atoms with Crippen LogP contribution >= 0.6 is 0 Å². The molecular weight excluding hydrogens is 198 g/mol. The van der Waals surface area contributed by atoms with Gasteiger partial charge in [-0.15, -0.1) is 0 Å². The topological polar surface area (TPSA) is 43.1 Å². The second kappa shape index (κ2) is 3.69. The molecule has 0 atom stereocenters. The lowest BCUT2D eigenvalue weighted by molar-refractivity contribution is -0.113. The molecule has 4 fully saturated rings. The fourth-order valence-corrected chi connectivity index (χ4v) is 4.72. The van der Waals surface area contributed by atoms with E-state index in [4.69, 9.17) is 5.73 Å². The minimum Gasteiger partial charge on any atom is -0.324 e. The Balaban J connectivity index is 1.78. The summed E-state index contributed by atoms with van der Waals surface area (Å²) in [5.41, 5.74) is 5.72. The van der Waals surface area contributed by atoms with Crippen LogP contribution < -0.4 is 5.73 Å². The third-order valence-corrected chi connectivity index (χ3v) is 4.91. The van der Waals surface area contributed by atoms with E-state index in [9.17, 15) is 4.79 Å². The summed E-state index contributed by atoms with van der Waals surface area (Å²) in [6.07, 6.45) is 12.3. The van der Waals surface area contributed by atoms with E-state index in [1.807, 2.05) is 0 Å². The molecule has 0 heterocycles. The van der Waals surface area contributed by atoms with Crippen molar-refractivity contribution in [1.29, 1.82) is 0 Å². The van der Waals surface area contributed by atoms with Gasteiger partial charge in [-0.1, -0.05) is 6.08 Å². The van der Waals surface area contributed by atoms with Crippen molar-refractivity contribution < 1.29 is 4.79 Å². The minimum absolute atomic E-state index is 0.0794. The van der Waals surface area contributed by atoms with Crippen molar-refractivity contribution in [2.75, 3.05) is 6.54 Å². The SMILES string of the molecule is NCC(=O)/C=C/C12CC3CC(CC(C3)C1)C2. The number of carbonyl (C=O) groups is 1. The van der Waals surface area contributed by atoms with Crippen molar-refractivity contribution in [2.24, 2.45) is 28.9 Å². The third-order valence-electron chi connectivity index (χ3n) is 4.91. The molecule has 2 N–H and O–H groups in total. The molecule has 0 amide bonds. The Kier molecular flexibility index (Phi) is 2.43. The maximum Gasteiger partial charge on any atom is 0.168 e. The number of ketones is 1. The Morgan fingerprint density at radius 2 is 1.62 bits per heavy atom. The molecule has 0 aromatic heterocycles. The van der Waals surface area contributed by atoms with E-state index in [1.54, 1.807) is 6.08 Å². The molecular formula is C14H21NO. The van der Waals surface area contributed by atoms with E-state index in [0.717, 1.165) is 17.8 Å². The van der Waals surface area contributed by atoms with Crippen LogP contribution in [0.25, 0.3) is 0 Å². The van der Waals surface area contributed by atoms with Crippen LogP contribution in [-0.2, 0) is 4.79 Å². The molecule has 0 aliphatic heterocycles. The van der Waals surface area contributed by atoms with Crippen LogP contribution in [0.4, 0.5) is 0 Å². The summed E-state index contributed by atoms with van der Waals surface area (Å²) in [5.74, 6) is 2.92. The highest BCUT2D eigenvalue weighted by molar-refractivity contribution is 5.91. The second-order valence-corrected chi connectivity index (χ2v) is 6.28. The van der Waals surface area contributed by atoms with E-state index in [-0.39, 0.29) is 12.3 Å². The van der Waals surface area contributed by atoms with E-state index >= 15 is 0 Å². The molecule has 16 heavy (non-hydrogen) atoms. The van der Waals surface area contributed by atoms with Crippen molar-refractivity contribution in [3.63, 3.8) is 0 Å². The second-order valence-electron chi connectivity index (χ2n) is 6.28. The molecule has 0 aromatic rings. The van der Waals surface area contributed by atoms with E-state index < -0.39 is 0 Å². The lowest BCUT2D eigenvalue weighted by atomic mass is 9.49. The van der Waals surface area contributed by atoms with Crippen LogP contribution in [-0.4, -0.2) is 12.3 Å². The molecule has 0 spiro atoms. The zero-order chi connectivity index (χ0) is 11.2. The highest BCUT2D eigenvalue weighted by atomic mass is 16.1. The number of hydrogen-bond acceptors (Lipinski definition) is 2. The molecule has 4 bridgehead atoms. The number of rotatable bonds is 3. The fourth-order valence-electron chi connectivity index (χ4n) is 4.72. The van der Waals surface area contributed by atoms with Crippen LogP contribution in [0.15, 0.2) is 12.2 Å². The number of carbonyl (C=O) groups excluding carboxylic acids is 1. The quantitative estimate of drug-likeness (QED) is 0.740. The lowest BCUT2D eigenvalue weighted by Crippen LogP contribution is -2.45. The molecule has 4 aliphatic carbocycles. The average Bonchev–Trinajstić information content (AvgIpc) is 2.24. The number of hydrogen-bond donors (Lipinski definition) is 1. The van der Waals surface area contributed by atoms with E-state index in [1.165, 1.54) is 38.5 Å². The molecule has 2 nitrogen and oxygen atoms in total. The average molecular weight is 219 g/mol. The van der Waals surface area contributed by atoms with Gasteiger partial charge < -0.3 is 5.73 Å². The Labute approximate surface area is 97.3 Å².